The van der Waals surface area contributed by atoms with Crippen LogP contribution in [0.2, 0.25) is 0 Å². The van der Waals surface area contributed by atoms with E-state index in [2.05, 4.69) is 20.9 Å². The van der Waals surface area contributed by atoms with Gasteiger partial charge in [-0.2, -0.15) is 0 Å². The molecule has 94 valence electrons. The SMILES string of the molecule is C[C@@H](N)c1ccc(Sc2ncccc2Br)c(F)c1. The van der Waals surface area contributed by atoms with Gasteiger partial charge in [-0.05, 0) is 52.7 Å². The zero-order valence-corrected chi connectivity index (χ0v) is 12.1. The van der Waals surface area contributed by atoms with Gasteiger partial charge in [0.25, 0.3) is 0 Å². The topological polar surface area (TPSA) is 38.9 Å². The number of nitrogens with two attached hydrogens (primary N) is 1. The van der Waals surface area contributed by atoms with Gasteiger partial charge in [0.1, 0.15) is 10.8 Å². The Labute approximate surface area is 118 Å². The Bertz CT molecular complexity index is 560. The van der Waals surface area contributed by atoms with Crippen molar-refractivity contribution >= 4 is 27.7 Å². The fourth-order valence-electron chi connectivity index (χ4n) is 1.43. The lowest BCUT2D eigenvalue weighted by molar-refractivity contribution is 0.596. The van der Waals surface area contributed by atoms with Crippen molar-refractivity contribution < 1.29 is 4.39 Å². The van der Waals surface area contributed by atoms with Crippen LogP contribution in [0.3, 0.4) is 0 Å². The van der Waals surface area contributed by atoms with Crippen LogP contribution in [0.5, 0.6) is 0 Å². The molecule has 0 spiro atoms. The van der Waals surface area contributed by atoms with E-state index in [0.29, 0.717) is 4.90 Å². The molecule has 0 saturated carbocycles. The van der Waals surface area contributed by atoms with E-state index in [9.17, 15) is 4.39 Å². The molecule has 0 bridgehead atoms. The summed E-state index contributed by atoms with van der Waals surface area (Å²) in [5.74, 6) is -0.271. The van der Waals surface area contributed by atoms with E-state index in [-0.39, 0.29) is 11.9 Å². The Morgan fingerprint density at radius 1 is 1.39 bits per heavy atom. The van der Waals surface area contributed by atoms with Crippen LogP contribution in [-0.2, 0) is 0 Å². The van der Waals surface area contributed by atoms with Gasteiger partial charge in [-0.15, -0.1) is 0 Å². The summed E-state index contributed by atoms with van der Waals surface area (Å²) >= 11 is 4.68. The Kier molecular flexibility index (Phi) is 4.37. The van der Waals surface area contributed by atoms with Gasteiger partial charge >= 0.3 is 0 Å². The number of aromatic nitrogens is 1. The average molecular weight is 327 g/mol. The van der Waals surface area contributed by atoms with Crippen LogP contribution in [-0.4, -0.2) is 4.98 Å². The number of pyridine rings is 1. The van der Waals surface area contributed by atoms with Crippen molar-refractivity contribution in [1.29, 1.82) is 0 Å². The molecule has 0 aliphatic heterocycles. The molecule has 0 amide bonds. The van der Waals surface area contributed by atoms with Gasteiger partial charge < -0.3 is 5.73 Å². The molecule has 0 radical (unpaired) electrons. The van der Waals surface area contributed by atoms with Gasteiger partial charge in [-0.25, -0.2) is 9.37 Å². The van der Waals surface area contributed by atoms with E-state index in [1.54, 1.807) is 12.3 Å². The van der Waals surface area contributed by atoms with E-state index >= 15 is 0 Å². The van der Waals surface area contributed by atoms with Crippen molar-refractivity contribution in [2.24, 2.45) is 5.73 Å². The van der Waals surface area contributed by atoms with Crippen molar-refractivity contribution in [2.75, 3.05) is 0 Å². The van der Waals surface area contributed by atoms with Crippen LogP contribution in [0.25, 0.3) is 0 Å². The first-order valence-electron chi connectivity index (χ1n) is 5.41. The molecule has 2 nitrogen and oxygen atoms in total. The predicted molar refractivity (Wildman–Crippen MR) is 75.1 cm³/mol. The molecule has 1 heterocycles. The molecule has 5 heteroatoms. The normalized spacial score (nSPS) is 12.4. The summed E-state index contributed by atoms with van der Waals surface area (Å²) in [6, 6.07) is 8.59. The summed E-state index contributed by atoms with van der Waals surface area (Å²) < 4.78 is 14.8. The third-order valence-electron chi connectivity index (χ3n) is 2.41. The Morgan fingerprint density at radius 2 is 2.17 bits per heavy atom. The molecule has 1 atom stereocenters. The molecule has 1 aromatic carbocycles. The van der Waals surface area contributed by atoms with Crippen LogP contribution < -0.4 is 5.73 Å². The minimum atomic E-state index is -0.271. The van der Waals surface area contributed by atoms with E-state index in [4.69, 9.17) is 5.73 Å². The minimum absolute atomic E-state index is 0.167. The molecule has 0 saturated heterocycles. The van der Waals surface area contributed by atoms with Crippen molar-refractivity contribution in [1.82, 2.24) is 4.98 Å². The summed E-state index contributed by atoms with van der Waals surface area (Å²) in [5.41, 5.74) is 6.50. The molecule has 2 rings (SSSR count). The second-order valence-corrected chi connectivity index (χ2v) is 5.76. The molecular formula is C13H12BrFN2S. The van der Waals surface area contributed by atoms with Crippen LogP contribution >= 0.6 is 27.7 Å². The molecule has 0 unspecified atom stereocenters. The molecule has 2 aromatic rings. The number of nitrogens with zero attached hydrogens (tertiary/aromatic N) is 1. The fourth-order valence-corrected chi connectivity index (χ4v) is 2.71. The van der Waals surface area contributed by atoms with Crippen LogP contribution in [0, 0.1) is 5.82 Å². The van der Waals surface area contributed by atoms with Crippen molar-refractivity contribution in [3.8, 4) is 0 Å². The maximum absolute atomic E-state index is 13.9. The largest absolute Gasteiger partial charge is 0.324 e. The van der Waals surface area contributed by atoms with Crippen LogP contribution in [0.1, 0.15) is 18.5 Å². The molecule has 0 fully saturated rings. The highest BCUT2D eigenvalue weighted by atomic mass is 79.9. The molecule has 0 aliphatic carbocycles. The summed E-state index contributed by atoms with van der Waals surface area (Å²) in [6.07, 6.45) is 1.68. The van der Waals surface area contributed by atoms with Gasteiger partial charge in [0.05, 0.1) is 4.47 Å². The summed E-state index contributed by atoms with van der Waals surface area (Å²) in [4.78, 5) is 4.74. The zero-order chi connectivity index (χ0) is 13.1. The Morgan fingerprint density at radius 3 is 2.78 bits per heavy atom. The first-order valence-corrected chi connectivity index (χ1v) is 7.02. The lowest BCUT2D eigenvalue weighted by Crippen LogP contribution is -2.05. The van der Waals surface area contributed by atoms with Gasteiger partial charge in [0, 0.05) is 17.1 Å². The monoisotopic (exact) mass is 326 g/mol. The number of benzene rings is 1. The molecule has 18 heavy (non-hydrogen) atoms. The quantitative estimate of drug-likeness (QED) is 0.920. The van der Waals surface area contributed by atoms with Crippen LogP contribution in [0.15, 0.2) is 50.9 Å². The standard InChI is InChI=1S/C13H12BrFN2S/c1-8(16)9-4-5-12(11(15)7-9)18-13-10(14)3-2-6-17-13/h2-8H,16H2,1H3/t8-/m1/s1. The first kappa shape index (κ1) is 13.5. The lowest BCUT2D eigenvalue weighted by Gasteiger charge is -2.08. The highest BCUT2D eigenvalue weighted by molar-refractivity contribution is 9.10. The molecule has 1 aromatic heterocycles. The second kappa shape index (κ2) is 5.82. The number of halogens is 2. The third kappa shape index (κ3) is 3.10. The third-order valence-corrected chi connectivity index (χ3v) is 4.39. The van der Waals surface area contributed by atoms with Crippen molar-refractivity contribution in [3.05, 3.63) is 52.4 Å². The first-order chi connectivity index (χ1) is 8.58. The number of rotatable bonds is 3. The van der Waals surface area contributed by atoms with Gasteiger partial charge in [0.2, 0.25) is 0 Å². The Balaban J connectivity index is 2.28. The molecule has 0 aliphatic rings. The Hall–Kier alpha value is -0.910. The second-order valence-electron chi connectivity index (χ2n) is 3.87. The summed E-state index contributed by atoms with van der Waals surface area (Å²) in [5, 5.41) is 0.741. The number of hydrogen-bond donors (Lipinski definition) is 1. The minimum Gasteiger partial charge on any atom is -0.324 e. The highest BCUT2D eigenvalue weighted by Crippen LogP contribution is 2.33. The van der Waals surface area contributed by atoms with Gasteiger partial charge in [0.15, 0.2) is 0 Å². The van der Waals surface area contributed by atoms with E-state index in [0.717, 1.165) is 15.1 Å². The van der Waals surface area contributed by atoms with E-state index in [1.807, 2.05) is 25.1 Å². The fraction of sp³-hybridized carbons (Fsp3) is 0.154. The van der Waals surface area contributed by atoms with Gasteiger partial charge in [-0.3, -0.25) is 0 Å². The summed E-state index contributed by atoms with van der Waals surface area (Å²) in [7, 11) is 0. The van der Waals surface area contributed by atoms with Crippen LogP contribution in [0.4, 0.5) is 4.39 Å². The predicted octanol–water partition coefficient (Wildman–Crippen LogP) is 4.15. The van der Waals surface area contributed by atoms with Gasteiger partial charge in [-0.1, -0.05) is 17.8 Å². The van der Waals surface area contributed by atoms with E-state index < -0.39 is 0 Å². The lowest BCUT2D eigenvalue weighted by atomic mass is 10.1. The average Bonchev–Trinajstić information content (AvgIpc) is 2.34. The smallest absolute Gasteiger partial charge is 0.137 e. The van der Waals surface area contributed by atoms with E-state index in [1.165, 1.54) is 17.8 Å². The summed E-state index contributed by atoms with van der Waals surface area (Å²) in [6.45, 7) is 1.83. The zero-order valence-electron chi connectivity index (χ0n) is 9.73. The maximum Gasteiger partial charge on any atom is 0.137 e. The molecular weight excluding hydrogens is 315 g/mol. The van der Waals surface area contributed by atoms with Crippen molar-refractivity contribution in [3.63, 3.8) is 0 Å². The van der Waals surface area contributed by atoms with Crippen molar-refractivity contribution in [2.45, 2.75) is 22.9 Å². The highest BCUT2D eigenvalue weighted by Gasteiger charge is 2.10. The number of hydrogen-bond acceptors (Lipinski definition) is 3. The molecule has 2 N–H and O–H groups in total. The maximum atomic E-state index is 13.9.